The summed E-state index contributed by atoms with van der Waals surface area (Å²) >= 11 is 0. The number of aromatic nitrogens is 2. The largest absolute Gasteiger partial charge is 0.493 e. The molecule has 1 heterocycles. The Morgan fingerprint density at radius 3 is 2.48 bits per heavy atom. The molecule has 0 unspecified atom stereocenters. The molecule has 0 fully saturated rings. The van der Waals surface area contributed by atoms with Crippen molar-refractivity contribution >= 4 is 0 Å². The quantitative estimate of drug-likeness (QED) is 0.878. The standard InChI is InChI=1S/C16H21N3O2/c1-11-8-13(6-7-17)19-16(18-11)10-12-4-5-14(20-2)15(9-12)21-3/h4-5,8-9H,6-7,10,17H2,1-3H3. The van der Waals surface area contributed by atoms with Gasteiger partial charge in [0.05, 0.1) is 14.2 Å². The van der Waals surface area contributed by atoms with E-state index in [0.29, 0.717) is 18.7 Å². The van der Waals surface area contributed by atoms with Crippen LogP contribution >= 0.6 is 0 Å². The molecule has 0 aliphatic heterocycles. The zero-order valence-corrected chi connectivity index (χ0v) is 12.7. The Labute approximate surface area is 125 Å². The van der Waals surface area contributed by atoms with Crippen molar-refractivity contribution < 1.29 is 9.47 Å². The minimum Gasteiger partial charge on any atom is -0.493 e. The molecule has 5 heteroatoms. The number of benzene rings is 1. The lowest BCUT2D eigenvalue weighted by Gasteiger charge is -2.10. The second-order valence-electron chi connectivity index (χ2n) is 4.82. The van der Waals surface area contributed by atoms with Crippen LogP contribution in [-0.4, -0.2) is 30.7 Å². The number of ether oxygens (including phenoxy) is 2. The van der Waals surface area contributed by atoms with Crippen LogP contribution in [0.5, 0.6) is 11.5 Å². The topological polar surface area (TPSA) is 70.3 Å². The van der Waals surface area contributed by atoms with Crippen LogP contribution in [0.15, 0.2) is 24.3 Å². The summed E-state index contributed by atoms with van der Waals surface area (Å²) in [7, 11) is 3.25. The van der Waals surface area contributed by atoms with Gasteiger partial charge < -0.3 is 15.2 Å². The van der Waals surface area contributed by atoms with Gasteiger partial charge in [0, 0.05) is 24.2 Å². The fourth-order valence-electron chi connectivity index (χ4n) is 2.23. The Balaban J connectivity index is 2.25. The van der Waals surface area contributed by atoms with Crippen molar-refractivity contribution in [3.63, 3.8) is 0 Å². The third-order valence-electron chi connectivity index (χ3n) is 3.16. The van der Waals surface area contributed by atoms with Crippen molar-refractivity contribution in [2.75, 3.05) is 20.8 Å². The number of nitrogens with zero attached hydrogens (tertiary/aromatic N) is 2. The average molecular weight is 287 g/mol. The molecule has 0 saturated heterocycles. The number of hydrogen-bond acceptors (Lipinski definition) is 5. The van der Waals surface area contributed by atoms with E-state index in [-0.39, 0.29) is 0 Å². The van der Waals surface area contributed by atoms with Gasteiger partial charge in [-0.1, -0.05) is 6.07 Å². The summed E-state index contributed by atoms with van der Waals surface area (Å²) in [5.41, 5.74) is 8.62. The van der Waals surface area contributed by atoms with Crippen molar-refractivity contribution in [3.05, 3.63) is 47.0 Å². The van der Waals surface area contributed by atoms with Gasteiger partial charge in [0.25, 0.3) is 0 Å². The lowest BCUT2D eigenvalue weighted by atomic mass is 10.1. The summed E-state index contributed by atoms with van der Waals surface area (Å²) < 4.78 is 10.6. The maximum Gasteiger partial charge on any atom is 0.161 e. The Morgan fingerprint density at radius 1 is 1.05 bits per heavy atom. The minimum absolute atomic E-state index is 0.590. The smallest absolute Gasteiger partial charge is 0.161 e. The second-order valence-corrected chi connectivity index (χ2v) is 4.82. The SMILES string of the molecule is COc1ccc(Cc2nc(C)cc(CCN)n2)cc1OC. The first-order chi connectivity index (χ1) is 10.2. The maximum absolute atomic E-state index is 5.59. The summed E-state index contributed by atoms with van der Waals surface area (Å²) in [5.74, 6) is 2.23. The molecule has 0 spiro atoms. The van der Waals surface area contributed by atoms with E-state index in [0.717, 1.165) is 34.9 Å². The Bertz CT molecular complexity index is 614. The van der Waals surface area contributed by atoms with Gasteiger partial charge in [-0.25, -0.2) is 9.97 Å². The number of rotatable bonds is 6. The first-order valence-corrected chi connectivity index (χ1v) is 6.90. The molecule has 2 N–H and O–H groups in total. The van der Waals surface area contributed by atoms with Gasteiger partial charge in [0.15, 0.2) is 11.5 Å². The average Bonchev–Trinajstić information content (AvgIpc) is 2.46. The van der Waals surface area contributed by atoms with Crippen molar-refractivity contribution in [2.24, 2.45) is 5.73 Å². The Hall–Kier alpha value is -2.14. The summed E-state index contributed by atoms with van der Waals surface area (Å²) in [6.07, 6.45) is 1.42. The van der Waals surface area contributed by atoms with Crippen LogP contribution in [0.1, 0.15) is 22.8 Å². The number of aryl methyl sites for hydroxylation is 1. The highest BCUT2D eigenvalue weighted by atomic mass is 16.5. The highest BCUT2D eigenvalue weighted by Gasteiger charge is 2.08. The molecule has 0 amide bonds. The summed E-state index contributed by atoms with van der Waals surface area (Å²) in [6, 6.07) is 7.82. The summed E-state index contributed by atoms with van der Waals surface area (Å²) in [4.78, 5) is 9.04. The van der Waals surface area contributed by atoms with Gasteiger partial charge in [-0.05, 0) is 37.2 Å². The summed E-state index contributed by atoms with van der Waals surface area (Å²) in [6.45, 7) is 2.56. The van der Waals surface area contributed by atoms with Crippen molar-refractivity contribution in [2.45, 2.75) is 19.8 Å². The van der Waals surface area contributed by atoms with Crippen LogP contribution in [0.25, 0.3) is 0 Å². The molecule has 0 saturated carbocycles. The maximum atomic E-state index is 5.59. The molecule has 1 aromatic heterocycles. The molecule has 2 aromatic rings. The molecule has 0 radical (unpaired) electrons. The predicted molar refractivity (Wildman–Crippen MR) is 81.9 cm³/mol. The van der Waals surface area contributed by atoms with Crippen LogP contribution in [0.4, 0.5) is 0 Å². The van der Waals surface area contributed by atoms with Crippen LogP contribution in [-0.2, 0) is 12.8 Å². The van der Waals surface area contributed by atoms with Crippen LogP contribution in [0.2, 0.25) is 0 Å². The van der Waals surface area contributed by atoms with Crippen LogP contribution in [0.3, 0.4) is 0 Å². The number of methoxy groups -OCH3 is 2. The third-order valence-corrected chi connectivity index (χ3v) is 3.16. The van der Waals surface area contributed by atoms with Crippen LogP contribution < -0.4 is 15.2 Å². The molecule has 0 atom stereocenters. The van der Waals surface area contributed by atoms with E-state index in [1.54, 1.807) is 14.2 Å². The van der Waals surface area contributed by atoms with E-state index in [1.165, 1.54) is 0 Å². The zero-order valence-electron chi connectivity index (χ0n) is 12.7. The highest BCUT2D eigenvalue weighted by Crippen LogP contribution is 2.28. The molecule has 0 bridgehead atoms. The lowest BCUT2D eigenvalue weighted by molar-refractivity contribution is 0.354. The van der Waals surface area contributed by atoms with E-state index in [2.05, 4.69) is 9.97 Å². The summed E-state index contributed by atoms with van der Waals surface area (Å²) in [5, 5.41) is 0. The highest BCUT2D eigenvalue weighted by molar-refractivity contribution is 5.43. The van der Waals surface area contributed by atoms with E-state index < -0.39 is 0 Å². The fraction of sp³-hybridized carbons (Fsp3) is 0.375. The molecule has 0 aliphatic carbocycles. The first kappa shape index (κ1) is 15.3. The second kappa shape index (κ2) is 7.04. The molecule has 2 rings (SSSR count). The van der Waals surface area contributed by atoms with E-state index in [4.69, 9.17) is 15.2 Å². The van der Waals surface area contributed by atoms with Crippen molar-refractivity contribution in [3.8, 4) is 11.5 Å². The van der Waals surface area contributed by atoms with Crippen LogP contribution in [0, 0.1) is 6.92 Å². The van der Waals surface area contributed by atoms with Gasteiger partial charge in [0.1, 0.15) is 5.82 Å². The Kier molecular flexibility index (Phi) is 5.11. The molecule has 112 valence electrons. The van der Waals surface area contributed by atoms with E-state index >= 15 is 0 Å². The lowest BCUT2D eigenvalue weighted by Crippen LogP contribution is -2.08. The fourth-order valence-corrected chi connectivity index (χ4v) is 2.23. The van der Waals surface area contributed by atoms with Crippen molar-refractivity contribution in [1.29, 1.82) is 0 Å². The first-order valence-electron chi connectivity index (χ1n) is 6.90. The minimum atomic E-state index is 0.590. The molecular weight excluding hydrogens is 266 g/mol. The predicted octanol–water partition coefficient (Wildman–Crippen LogP) is 1.89. The molecular formula is C16H21N3O2. The number of hydrogen-bond donors (Lipinski definition) is 1. The normalized spacial score (nSPS) is 10.5. The van der Waals surface area contributed by atoms with Gasteiger partial charge in [0.2, 0.25) is 0 Å². The molecule has 5 nitrogen and oxygen atoms in total. The monoisotopic (exact) mass is 287 g/mol. The molecule has 21 heavy (non-hydrogen) atoms. The zero-order chi connectivity index (χ0) is 15.2. The number of nitrogens with two attached hydrogens (primary N) is 1. The van der Waals surface area contributed by atoms with Gasteiger partial charge in [-0.2, -0.15) is 0 Å². The van der Waals surface area contributed by atoms with E-state index in [1.807, 2.05) is 31.2 Å². The molecule has 1 aromatic carbocycles. The molecule has 0 aliphatic rings. The van der Waals surface area contributed by atoms with Gasteiger partial charge >= 0.3 is 0 Å². The van der Waals surface area contributed by atoms with Crippen molar-refractivity contribution in [1.82, 2.24) is 9.97 Å². The van der Waals surface area contributed by atoms with Gasteiger partial charge in [-0.3, -0.25) is 0 Å². The Morgan fingerprint density at radius 2 is 1.81 bits per heavy atom. The third kappa shape index (κ3) is 3.92. The van der Waals surface area contributed by atoms with E-state index in [9.17, 15) is 0 Å². The van der Waals surface area contributed by atoms with Gasteiger partial charge in [-0.15, -0.1) is 0 Å².